The van der Waals surface area contributed by atoms with Gasteiger partial charge in [0.2, 0.25) is 0 Å². The van der Waals surface area contributed by atoms with Crippen molar-refractivity contribution in [2.24, 2.45) is 0 Å². The van der Waals surface area contributed by atoms with E-state index in [0.29, 0.717) is 13.0 Å². The van der Waals surface area contributed by atoms with Crippen LogP contribution in [0.3, 0.4) is 0 Å². The molecule has 0 bridgehead atoms. The number of hydrogen-bond donors (Lipinski definition) is 3. The van der Waals surface area contributed by atoms with Crippen molar-refractivity contribution in [3.8, 4) is 0 Å². The van der Waals surface area contributed by atoms with Gasteiger partial charge in [-0.3, -0.25) is 9.59 Å². The summed E-state index contributed by atoms with van der Waals surface area (Å²) in [5, 5.41) is 5.57. The fourth-order valence-electron chi connectivity index (χ4n) is 2.69. The van der Waals surface area contributed by atoms with Crippen molar-refractivity contribution < 1.29 is 22.9 Å². The Morgan fingerprint density at radius 2 is 1.84 bits per heavy atom. The molecule has 0 aliphatic carbocycles. The zero-order valence-corrected chi connectivity index (χ0v) is 17.0. The van der Waals surface area contributed by atoms with Crippen LogP contribution in [0, 0.1) is 3.57 Å². The minimum absolute atomic E-state index is 0.00743. The Kier molecular flexibility index (Phi) is 7.20. The molecule has 0 saturated carbocycles. The molecule has 2 rings (SSSR count). The third kappa shape index (κ3) is 6.90. The summed E-state index contributed by atoms with van der Waals surface area (Å²) in [6.07, 6.45) is 0.461. The topological polar surface area (TPSA) is 96.8 Å². The van der Waals surface area contributed by atoms with Gasteiger partial charge >= 0.3 is 0 Å². The number of quaternary nitrogens is 1. The molecule has 0 radical (unpaired) electrons. The van der Waals surface area contributed by atoms with Gasteiger partial charge in [-0.05, 0) is 60.2 Å². The summed E-state index contributed by atoms with van der Waals surface area (Å²) in [6, 6.07) is 7.17. The van der Waals surface area contributed by atoms with E-state index in [1.54, 1.807) is 0 Å². The number of anilines is 1. The van der Waals surface area contributed by atoms with Gasteiger partial charge in [-0.2, -0.15) is 0 Å². The Hall–Kier alpha value is -1.20. The number of amides is 2. The van der Waals surface area contributed by atoms with Crippen molar-refractivity contribution in [3.63, 3.8) is 0 Å². The molecule has 1 aliphatic rings. The monoisotopic (exact) mass is 480 g/mol. The summed E-state index contributed by atoms with van der Waals surface area (Å²) >= 11 is 2.19. The highest BCUT2D eigenvalue weighted by molar-refractivity contribution is 14.1. The molecule has 1 aliphatic heterocycles. The molecular formula is C16H23IN3O4S+. The molecule has 1 unspecified atom stereocenters. The van der Waals surface area contributed by atoms with Gasteiger partial charge in [-0.25, -0.2) is 8.42 Å². The predicted octanol–water partition coefficient (Wildman–Crippen LogP) is -0.562. The molecule has 1 fully saturated rings. The largest absolute Gasteiger partial charge is 0.347 e. The van der Waals surface area contributed by atoms with Gasteiger partial charge in [0.1, 0.15) is 0 Å². The zero-order valence-electron chi connectivity index (χ0n) is 14.0. The third-order valence-electron chi connectivity index (χ3n) is 4.05. The summed E-state index contributed by atoms with van der Waals surface area (Å²) < 4.78 is 23.9. The molecule has 2 amide bonds. The van der Waals surface area contributed by atoms with Crippen LogP contribution in [0.1, 0.15) is 13.3 Å². The van der Waals surface area contributed by atoms with Crippen LogP contribution in [0.25, 0.3) is 0 Å². The Bertz CT molecular complexity index is 721. The van der Waals surface area contributed by atoms with Crippen molar-refractivity contribution in [2.75, 3.05) is 36.5 Å². The number of sulfone groups is 1. The lowest BCUT2D eigenvalue weighted by atomic mass is 10.2. The van der Waals surface area contributed by atoms with Crippen molar-refractivity contribution in [3.05, 3.63) is 27.8 Å². The summed E-state index contributed by atoms with van der Waals surface area (Å²) in [5.74, 6) is -0.246. The number of carbonyl (C=O) groups is 2. The minimum atomic E-state index is -3.02. The van der Waals surface area contributed by atoms with Crippen LogP contribution < -0.4 is 15.5 Å². The van der Waals surface area contributed by atoms with Gasteiger partial charge in [-0.1, -0.05) is 0 Å². The predicted molar refractivity (Wildman–Crippen MR) is 104 cm³/mol. The summed E-state index contributed by atoms with van der Waals surface area (Å²) in [4.78, 5) is 25.1. The number of nitrogens with one attached hydrogen (secondary N) is 3. The van der Waals surface area contributed by atoms with Crippen LogP contribution in [-0.4, -0.2) is 57.4 Å². The SMILES string of the molecule is CC[NH+](CC(=O)Nc1ccc(I)cc1)CC(=O)N[C@@H]1CCS(=O)(=O)C1. The average molecular weight is 480 g/mol. The molecule has 138 valence electrons. The van der Waals surface area contributed by atoms with Crippen molar-refractivity contribution in [1.29, 1.82) is 0 Å². The molecule has 2 atom stereocenters. The first-order valence-corrected chi connectivity index (χ1v) is 11.1. The number of hydrogen-bond acceptors (Lipinski definition) is 4. The summed E-state index contributed by atoms with van der Waals surface area (Å²) in [7, 11) is -3.02. The minimum Gasteiger partial charge on any atom is -0.347 e. The lowest BCUT2D eigenvalue weighted by Crippen LogP contribution is -3.14. The molecule has 1 aromatic carbocycles. The van der Waals surface area contributed by atoms with Gasteiger partial charge in [0.15, 0.2) is 22.9 Å². The van der Waals surface area contributed by atoms with E-state index in [4.69, 9.17) is 0 Å². The van der Waals surface area contributed by atoms with Crippen LogP contribution in [0.4, 0.5) is 5.69 Å². The first-order chi connectivity index (χ1) is 11.8. The van der Waals surface area contributed by atoms with Gasteiger partial charge in [0, 0.05) is 15.3 Å². The fraction of sp³-hybridized carbons (Fsp3) is 0.500. The molecule has 9 heteroatoms. The second kappa shape index (κ2) is 8.95. The van der Waals surface area contributed by atoms with E-state index in [1.165, 1.54) is 0 Å². The standard InChI is InChI=1S/C16H22IN3O4S/c1-2-20(9-15(21)18-13-5-3-12(17)4-6-13)10-16(22)19-14-7-8-25(23,24)11-14/h3-6,14H,2,7-11H2,1H3,(H,18,21)(H,19,22)/p+1/t14-/m1/s1. The van der Waals surface area contributed by atoms with Crippen LogP contribution in [0.15, 0.2) is 24.3 Å². The van der Waals surface area contributed by atoms with E-state index in [0.717, 1.165) is 14.2 Å². The summed E-state index contributed by atoms with van der Waals surface area (Å²) in [5.41, 5.74) is 0.724. The number of rotatable bonds is 7. The molecule has 0 spiro atoms. The molecular weight excluding hydrogens is 457 g/mol. The number of likely N-dealkylation sites (N-methyl/N-ethyl adjacent to an activating group) is 1. The Labute approximate surface area is 161 Å². The van der Waals surface area contributed by atoms with Gasteiger partial charge in [-0.15, -0.1) is 0 Å². The molecule has 1 aromatic rings. The van der Waals surface area contributed by atoms with Gasteiger partial charge < -0.3 is 15.5 Å². The fourth-order valence-corrected chi connectivity index (χ4v) is 4.73. The zero-order chi connectivity index (χ0) is 18.4. The van der Waals surface area contributed by atoms with Crippen LogP contribution in [0.2, 0.25) is 0 Å². The number of carbonyl (C=O) groups excluding carboxylic acids is 2. The molecule has 1 heterocycles. The highest BCUT2D eigenvalue weighted by Crippen LogP contribution is 2.11. The Balaban J connectivity index is 1.79. The molecule has 25 heavy (non-hydrogen) atoms. The first-order valence-electron chi connectivity index (χ1n) is 8.16. The van der Waals surface area contributed by atoms with E-state index in [2.05, 4.69) is 33.2 Å². The second-order valence-corrected chi connectivity index (χ2v) is 9.65. The highest BCUT2D eigenvalue weighted by atomic mass is 127. The van der Waals surface area contributed by atoms with Gasteiger partial charge in [0.05, 0.1) is 18.1 Å². The molecule has 3 N–H and O–H groups in total. The second-order valence-electron chi connectivity index (χ2n) is 6.18. The average Bonchev–Trinajstić information content (AvgIpc) is 2.87. The lowest BCUT2D eigenvalue weighted by molar-refractivity contribution is -0.881. The third-order valence-corrected chi connectivity index (χ3v) is 6.53. The molecule has 0 aromatic heterocycles. The van der Waals surface area contributed by atoms with Gasteiger partial charge in [0.25, 0.3) is 11.8 Å². The van der Waals surface area contributed by atoms with E-state index in [9.17, 15) is 18.0 Å². The smallest absolute Gasteiger partial charge is 0.279 e. The van der Waals surface area contributed by atoms with Crippen LogP contribution in [0.5, 0.6) is 0 Å². The summed E-state index contributed by atoms with van der Waals surface area (Å²) in [6.45, 7) is 2.85. The number of benzene rings is 1. The van der Waals surface area contributed by atoms with Crippen molar-refractivity contribution in [2.45, 2.75) is 19.4 Å². The highest BCUT2D eigenvalue weighted by Gasteiger charge is 2.29. The Morgan fingerprint density at radius 3 is 2.40 bits per heavy atom. The van der Waals surface area contributed by atoms with E-state index >= 15 is 0 Å². The van der Waals surface area contributed by atoms with E-state index in [1.807, 2.05) is 31.2 Å². The normalized spacial score (nSPS) is 20.0. The lowest BCUT2D eigenvalue weighted by Gasteiger charge is -2.18. The molecule has 1 saturated heterocycles. The van der Waals surface area contributed by atoms with E-state index < -0.39 is 9.84 Å². The molecule has 7 nitrogen and oxygen atoms in total. The maximum atomic E-state index is 12.1. The quantitative estimate of drug-likeness (QED) is 0.456. The van der Waals surface area contributed by atoms with Crippen molar-refractivity contribution >= 4 is 49.9 Å². The van der Waals surface area contributed by atoms with Crippen LogP contribution in [-0.2, 0) is 19.4 Å². The van der Waals surface area contributed by atoms with Crippen LogP contribution >= 0.6 is 22.6 Å². The van der Waals surface area contributed by atoms with E-state index in [-0.39, 0.29) is 42.5 Å². The Morgan fingerprint density at radius 1 is 1.20 bits per heavy atom. The first kappa shape index (κ1) is 20.1. The van der Waals surface area contributed by atoms with Crippen molar-refractivity contribution in [1.82, 2.24) is 5.32 Å². The number of halogens is 1. The maximum absolute atomic E-state index is 12.1. The maximum Gasteiger partial charge on any atom is 0.279 e.